The fraction of sp³-hybridized carbons (Fsp3) is 1.00. The molecule has 1 nitrogen and oxygen atoms in total. The van der Waals surface area contributed by atoms with Gasteiger partial charge in [-0.15, -0.1) is 0 Å². The molecule has 1 aliphatic rings. The van der Waals surface area contributed by atoms with E-state index in [2.05, 4.69) is 25.8 Å². The van der Waals surface area contributed by atoms with E-state index in [1.165, 1.54) is 45.1 Å². The second kappa shape index (κ2) is 4.27. The molecule has 0 radical (unpaired) electrons. The quantitative estimate of drug-likeness (QED) is 0.552. The molecule has 0 amide bonds. The molecule has 0 unspecified atom stereocenters. The third-order valence-electron chi connectivity index (χ3n) is 3.24. The van der Waals surface area contributed by atoms with Crippen LogP contribution in [0.4, 0.5) is 0 Å². The summed E-state index contributed by atoms with van der Waals surface area (Å²) >= 11 is 0. The highest BCUT2D eigenvalue weighted by atomic mass is 15.2. The topological polar surface area (TPSA) is 3.24 Å². The second-order valence-electron chi connectivity index (χ2n) is 4.48. The Morgan fingerprint density at radius 3 is 2.33 bits per heavy atom. The molecule has 0 heterocycles. The average molecular weight is 169 g/mol. The Labute approximate surface area is 77.1 Å². The number of hydrogen-bond donors (Lipinski definition) is 0. The fourth-order valence-corrected chi connectivity index (χ4v) is 1.61. The zero-order chi connectivity index (χ0) is 9.03. The molecule has 0 atom stereocenters. The van der Waals surface area contributed by atoms with Crippen LogP contribution in [0.25, 0.3) is 0 Å². The molecule has 1 aliphatic carbocycles. The summed E-state index contributed by atoms with van der Waals surface area (Å²) in [6.07, 6.45) is 8.39. The standard InChI is InChI=1S/C11H23N/c1-4-5-6-7-10-12(3)11(2)8-9-11/h4-10H2,1-3H3. The van der Waals surface area contributed by atoms with Crippen molar-refractivity contribution in [3.8, 4) is 0 Å². The number of rotatable bonds is 6. The van der Waals surface area contributed by atoms with Crippen molar-refractivity contribution in [1.82, 2.24) is 4.90 Å². The molecule has 0 bridgehead atoms. The minimum absolute atomic E-state index is 0.589. The molecule has 12 heavy (non-hydrogen) atoms. The first-order valence-corrected chi connectivity index (χ1v) is 5.40. The lowest BCUT2D eigenvalue weighted by Gasteiger charge is -2.23. The van der Waals surface area contributed by atoms with Crippen molar-refractivity contribution in [2.24, 2.45) is 0 Å². The summed E-state index contributed by atoms with van der Waals surface area (Å²) in [4.78, 5) is 2.54. The monoisotopic (exact) mass is 169 g/mol. The summed E-state index contributed by atoms with van der Waals surface area (Å²) in [6.45, 7) is 5.95. The highest BCUT2D eigenvalue weighted by Gasteiger charge is 2.40. The van der Waals surface area contributed by atoms with Gasteiger partial charge in [0.05, 0.1) is 0 Å². The van der Waals surface area contributed by atoms with E-state index in [1.807, 2.05) is 0 Å². The van der Waals surface area contributed by atoms with Crippen LogP contribution in [0, 0.1) is 0 Å². The van der Waals surface area contributed by atoms with E-state index in [0.717, 1.165) is 0 Å². The average Bonchev–Trinajstić information content (AvgIpc) is 2.78. The Morgan fingerprint density at radius 1 is 1.17 bits per heavy atom. The lowest BCUT2D eigenvalue weighted by Crippen LogP contribution is -2.31. The fourth-order valence-electron chi connectivity index (χ4n) is 1.61. The van der Waals surface area contributed by atoms with Gasteiger partial charge in [0.25, 0.3) is 0 Å². The molecule has 0 aromatic rings. The smallest absolute Gasteiger partial charge is 0.0179 e. The van der Waals surface area contributed by atoms with E-state index in [0.29, 0.717) is 5.54 Å². The lowest BCUT2D eigenvalue weighted by molar-refractivity contribution is 0.233. The highest BCUT2D eigenvalue weighted by molar-refractivity contribution is 4.98. The van der Waals surface area contributed by atoms with Crippen LogP contribution < -0.4 is 0 Å². The summed E-state index contributed by atoms with van der Waals surface area (Å²) in [7, 11) is 2.28. The molecule has 0 N–H and O–H groups in total. The van der Waals surface area contributed by atoms with Crippen molar-refractivity contribution in [2.75, 3.05) is 13.6 Å². The van der Waals surface area contributed by atoms with Gasteiger partial charge < -0.3 is 4.90 Å². The minimum Gasteiger partial charge on any atom is -0.301 e. The molecule has 1 fully saturated rings. The van der Waals surface area contributed by atoms with Crippen LogP contribution in [0.3, 0.4) is 0 Å². The molecule has 1 heteroatoms. The van der Waals surface area contributed by atoms with Crippen LogP contribution in [0.1, 0.15) is 52.4 Å². The first-order valence-electron chi connectivity index (χ1n) is 5.40. The molecule has 0 saturated heterocycles. The van der Waals surface area contributed by atoms with E-state index in [9.17, 15) is 0 Å². The zero-order valence-corrected chi connectivity index (χ0v) is 8.90. The molecule has 0 aromatic heterocycles. The van der Waals surface area contributed by atoms with Gasteiger partial charge in [0, 0.05) is 5.54 Å². The summed E-state index contributed by atoms with van der Waals surface area (Å²) in [5.41, 5.74) is 0.589. The minimum atomic E-state index is 0.589. The maximum absolute atomic E-state index is 2.54. The Morgan fingerprint density at radius 2 is 1.83 bits per heavy atom. The summed E-state index contributed by atoms with van der Waals surface area (Å²) in [5, 5.41) is 0. The Bertz CT molecular complexity index is 127. The van der Waals surface area contributed by atoms with Gasteiger partial charge >= 0.3 is 0 Å². The molecule has 1 saturated carbocycles. The SMILES string of the molecule is CCCCCCN(C)C1(C)CC1. The Hall–Kier alpha value is -0.0400. The predicted molar refractivity (Wildman–Crippen MR) is 54.4 cm³/mol. The number of nitrogens with zero attached hydrogens (tertiary/aromatic N) is 1. The van der Waals surface area contributed by atoms with Crippen molar-refractivity contribution in [2.45, 2.75) is 57.9 Å². The van der Waals surface area contributed by atoms with Crippen molar-refractivity contribution >= 4 is 0 Å². The van der Waals surface area contributed by atoms with Crippen LogP contribution >= 0.6 is 0 Å². The molecule has 0 spiro atoms. The third-order valence-corrected chi connectivity index (χ3v) is 3.24. The van der Waals surface area contributed by atoms with E-state index < -0.39 is 0 Å². The van der Waals surface area contributed by atoms with Crippen molar-refractivity contribution < 1.29 is 0 Å². The molecule has 0 aliphatic heterocycles. The van der Waals surface area contributed by atoms with Crippen molar-refractivity contribution in [1.29, 1.82) is 0 Å². The van der Waals surface area contributed by atoms with Gasteiger partial charge in [-0.3, -0.25) is 0 Å². The van der Waals surface area contributed by atoms with Crippen molar-refractivity contribution in [3.05, 3.63) is 0 Å². The van der Waals surface area contributed by atoms with Gasteiger partial charge in [0.2, 0.25) is 0 Å². The van der Waals surface area contributed by atoms with E-state index in [4.69, 9.17) is 0 Å². The first-order chi connectivity index (χ1) is 5.69. The molecule has 1 rings (SSSR count). The summed E-state index contributed by atoms with van der Waals surface area (Å²) < 4.78 is 0. The second-order valence-corrected chi connectivity index (χ2v) is 4.48. The predicted octanol–water partition coefficient (Wildman–Crippen LogP) is 3.05. The molecule has 0 aromatic carbocycles. The van der Waals surface area contributed by atoms with Gasteiger partial charge in [-0.1, -0.05) is 26.2 Å². The summed E-state index contributed by atoms with van der Waals surface area (Å²) in [5.74, 6) is 0. The van der Waals surface area contributed by atoms with Crippen LogP contribution in [0.5, 0.6) is 0 Å². The molecule has 72 valence electrons. The van der Waals surface area contributed by atoms with Crippen LogP contribution in [0.15, 0.2) is 0 Å². The van der Waals surface area contributed by atoms with Gasteiger partial charge in [0.15, 0.2) is 0 Å². The maximum atomic E-state index is 2.54. The van der Waals surface area contributed by atoms with Crippen LogP contribution in [-0.2, 0) is 0 Å². The number of hydrogen-bond acceptors (Lipinski definition) is 1. The lowest BCUT2D eigenvalue weighted by atomic mass is 10.2. The van der Waals surface area contributed by atoms with Gasteiger partial charge in [0.1, 0.15) is 0 Å². The zero-order valence-electron chi connectivity index (χ0n) is 8.90. The van der Waals surface area contributed by atoms with E-state index >= 15 is 0 Å². The first kappa shape index (κ1) is 10.0. The van der Waals surface area contributed by atoms with E-state index in [1.54, 1.807) is 0 Å². The largest absolute Gasteiger partial charge is 0.301 e. The maximum Gasteiger partial charge on any atom is 0.0179 e. The van der Waals surface area contributed by atoms with Crippen molar-refractivity contribution in [3.63, 3.8) is 0 Å². The van der Waals surface area contributed by atoms with Gasteiger partial charge in [-0.05, 0) is 39.8 Å². The molecular formula is C11H23N. The third kappa shape index (κ3) is 2.78. The molecular weight excluding hydrogens is 146 g/mol. The number of unbranched alkanes of at least 4 members (excludes halogenated alkanes) is 3. The highest BCUT2D eigenvalue weighted by Crippen LogP contribution is 2.40. The van der Waals surface area contributed by atoms with Crippen LogP contribution in [0.2, 0.25) is 0 Å². The normalized spacial score (nSPS) is 20.0. The van der Waals surface area contributed by atoms with Crippen LogP contribution in [-0.4, -0.2) is 24.0 Å². The van der Waals surface area contributed by atoms with Gasteiger partial charge in [-0.2, -0.15) is 0 Å². The Kier molecular flexibility index (Phi) is 3.57. The Balaban J connectivity index is 1.99. The van der Waals surface area contributed by atoms with Gasteiger partial charge in [-0.25, -0.2) is 0 Å². The summed E-state index contributed by atoms with van der Waals surface area (Å²) in [6, 6.07) is 0. The van der Waals surface area contributed by atoms with E-state index in [-0.39, 0.29) is 0 Å².